The Bertz CT molecular complexity index is 990. The van der Waals surface area contributed by atoms with Crippen LogP contribution in [-0.4, -0.2) is 13.4 Å². The van der Waals surface area contributed by atoms with E-state index in [9.17, 15) is 8.42 Å². The maximum absolute atomic E-state index is 12.5. The standard InChI is InChI=1S/C16H13ClN2O3S2/c17-11-3-1-2-4-12(11)19-24(20,21)15-8-7-14(23-15)13-9-18-16(22-13)10-5-6-10/h1-4,7-10,19H,5-6H2. The molecule has 124 valence electrons. The van der Waals surface area contributed by atoms with Crippen LogP contribution in [0.25, 0.3) is 10.6 Å². The molecule has 0 spiro atoms. The topological polar surface area (TPSA) is 72.2 Å². The summed E-state index contributed by atoms with van der Waals surface area (Å²) in [5, 5.41) is 0.349. The fourth-order valence-corrected chi connectivity index (χ4v) is 4.83. The van der Waals surface area contributed by atoms with E-state index in [1.54, 1.807) is 42.6 Å². The van der Waals surface area contributed by atoms with Gasteiger partial charge in [0, 0.05) is 5.92 Å². The van der Waals surface area contributed by atoms with Gasteiger partial charge in [-0.3, -0.25) is 4.72 Å². The lowest BCUT2D eigenvalue weighted by atomic mass is 10.3. The van der Waals surface area contributed by atoms with Gasteiger partial charge >= 0.3 is 0 Å². The summed E-state index contributed by atoms with van der Waals surface area (Å²) in [5.74, 6) is 1.75. The number of nitrogens with zero attached hydrogens (tertiary/aromatic N) is 1. The lowest BCUT2D eigenvalue weighted by molar-refractivity contribution is 0.510. The fourth-order valence-electron chi connectivity index (χ4n) is 2.26. The zero-order valence-corrected chi connectivity index (χ0v) is 14.8. The Kier molecular flexibility index (Phi) is 3.86. The lowest BCUT2D eigenvalue weighted by Crippen LogP contribution is -2.11. The maximum Gasteiger partial charge on any atom is 0.271 e. The molecule has 0 aliphatic heterocycles. The number of anilines is 1. The molecule has 0 radical (unpaired) electrons. The minimum absolute atomic E-state index is 0.196. The van der Waals surface area contributed by atoms with Crippen LogP contribution in [0.1, 0.15) is 24.7 Å². The molecule has 0 unspecified atom stereocenters. The van der Waals surface area contributed by atoms with Crippen molar-refractivity contribution in [1.29, 1.82) is 0 Å². The van der Waals surface area contributed by atoms with Gasteiger partial charge in [0.2, 0.25) is 0 Å². The quantitative estimate of drug-likeness (QED) is 0.694. The van der Waals surface area contributed by atoms with Crippen molar-refractivity contribution in [2.45, 2.75) is 23.0 Å². The third-order valence-electron chi connectivity index (χ3n) is 3.66. The number of thiophene rings is 1. The highest BCUT2D eigenvalue weighted by molar-refractivity contribution is 7.94. The SMILES string of the molecule is O=S(=O)(Nc1ccccc1Cl)c1ccc(-c2cnc(C3CC3)o2)s1. The molecule has 2 aromatic heterocycles. The van der Waals surface area contributed by atoms with Crippen LogP contribution < -0.4 is 4.72 Å². The van der Waals surface area contributed by atoms with Crippen LogP contribution in [0.5, 0.6) is 0 Å². The van der Waals surface area contributed by atoms with Crippen molar-refractivity contribution in [1.82, 2.24) is 4.98 Å². The Morgan fingerprint density at radius 2 is 2.00 bits per heavy atom. The van der Waals surface area contributed by atoms with Crippen molar-refractivity contribution < 1.29 is 12.8 Å². The van der Waals surface area contributed by atoms with Crippen LogP contribution in [0.3, 0.4) is 0 Å². The van der Waals surface area contributed by atoms with E-state index in [-0.39, 0.29) is 4.21 Å². The minimum atomic E-state index is -3.70. The van der Waals surface area contributed by atoms with Gasteiger partial charge in [0.05, 0.1) is 21.8 Å². The van der Waals surface area contributed by atoms with Crippen LogP contribution in [0, 0.1) is 0 Å². The first-order chi connectivity index (χ1) is 11.5. The van der Waals surface area contributed by atoms with Crippen molar-refractivity contribution in [2.24, 2.45) is 0 Å². The van der Waals surface area contributed by atoms with Gasteiger partial charge in [-0.15, -0.1) is 11.3 Å². The zero-order valence-electron chi connectivity index (χ0n) is 12.4. The summed E-state index contributed by atoms with van der Waals surface area (Å²) in [6, 6.07) is 9.99. The van der Waals surface area contributed by atoms with Crippen LogP contribution in [0.2, 0.25) is 5.02 Å². The number of nitrogens with one attached hydrogen (secondary N) is 1. The third-order valence-corrected chi connectivity index (χ3v) is 6.94. The van der Waals surface area contributed by atoms with Gasteiger partial charge in [0.1, 0.15) is 4.21 Å². The van der Waals surface area contributed by atoms with Gasteiger partial charge in [0.25, 0.3) is 10.0 Å². The summed E-state index contributed by atoms with van der Waals surface area (Å²) in [7, 11) is -3.70. The van der Waals surface area contributed by atoms with Crippen LogP contribution in [-0.2, 0) is 10.0 Å². The van der Waals surface area contributed by atoms with Crippen LogP contribution in [0.15, 0.2) is 51.2 Å². The average Bonchev–Trinajstić information content (AvgIpc) is 3.09. The molecule has 0 bridgehead atoms. The van der Waals surface area contributed by atoms with Crippen molar-refractivity contribution in [3.63, 3.8) is 0 Å². The van der Waals surface area contributed by atoms with Crippen molar-refractivity contribution in [3.05, 3.63) is 53.5 Å². The molecule has 1 saturated carbocycles. The zero-order chi connectivity index (χ0) is 16.7. The van der Waals surface area contributed by atoms with E-state index in [0.717, 1.165) is 34.9 Å². The summed E-state index contributed by atoms with van der Waals surface area (Å²) in [4.78, 5) is 4.99. The normalized spacial score (nSPS) is 14.7. The molecular weight excluding hydrogens is 368 g/mol. The van der Waals surface area contributed by atoms with Crippen LogP contribution >= 0.6 is 22.9 Å². The predicted octanol–water partition coefficient (Wildman–Crippen LogP) is 4.73. The molecule has 1 aliphatic rings. The van der Waals surface area contributed by atoms with E-state index in [2.05, 4.69) is 9.71 Å². The molecule has 5 nitrogen and oxygen atoms in total. The van der Waals surface area contributed by atoms with Gasteiger partial charge in [0.15, 0.2) is 11.7 Å². The number of aromatic nitrogens is 1. The number of para-hydroxylation sites is 1. The Balaban J connectivity index is 1.59. The van der Waals surface area contributed by atoms with E-state index in [0.29, 0.717) is 22.4 Å². The molecule has 0 amide bonds. The number of benzene rings is 1. The van der Waals surface area contributed by atoms with Crippen molar-refractivity contribution in [3.8, 4) is 10.6 Å². The second-order valence-corrected chi connectivity index (χ2v) is 8.94. The summed E-state index contributed by atoms with van der Waals surface area (Å²) in [6.07, 6.45) is 3.86. The molecule has 1 fully saturated rings. The number of hydrogen-bond donors (Lipinski definition) is 1. The first kappa shape index (κ1) is 15.7. The van der Waals surface area contributed by atoms with E-state index in [1.807, 2.05) is 0 Å². The molecule has 2 heterocycles. The predicted molar refractivity (Wildman–Crippen MR) is 94.1 cm³/mol. The van der Waals surface area contributed by atoms with E-state index >= 15 is 0 Å². The van der Waals surface area contributed by atoms with Gasteiger partial charge in [-0.1, -0.05) is 23.7 Å². The number of halogens is 1. The highest BCUT2D eigenvalue weighted by atomic mass is 35.5. The van der Waals surface area contributed by atoms with Crippen molar-refractivity contribution in [2.75, 3.05) is 4.72 Å². The minimum Gasteiger partial charge on any atom is -0.440 e. The highest BCUT2D eigenvalue weighted by Gasteiger charge is 2.29. The van der Waals surface area contributed by atoms with E-state index in [1.165, 1.54) is 0 Å². The Hall–Kier alpha value is -1.83. The van der Waals surface area contributed by atoms with Crippen LogP contribution in [0.4, 0.5) is 5.69 Å². The Labute approximate surface area is 148 Å². The molecule has 1 aliphatic carbocycles. The first-order valence-electron chi connectivity index (χ1n) is 7.36. The molecular formula is C16H13ClN2O3S2. The second kappa shape index (κ2) is 5.91. The summed E-state index contributed by atoms with van der Waals surface area (Å²) in [6.45, 7) is 0. The number of oxazole rings is 1. The second-order valence-electron chi connectivity index (χ2n) is 5.54. The summed E-state index contributed by atoms with van der Waals surface area (Å²) >= 11 is 7.15. The summed E-state index contributed by atoms with van der Waals surface area (Å²) in [5.41, 5.74) is 0.352. The number of hydrogen-bond acceptors (Lipinski definition) is 5. The van der Waals surface area contributed by atoms with E-state index in [4.69, 9.17) is 16.0 Å². The van der Waals surface area contributed by atoms with E-state index < -0.39 is 10.0 Å². The number of sulfonamides is 1. The molecule has 0 saturated heterocycles. The fraction of sp³-hybridized carbons (Fsp3) is 0.188. The Morgan fingerprint density at radius 1 is 1.21 bits per heavy atom. The molecule has 4 rings (SSSR count). The maximum atomic E-state index is 12.5. The van der Waals surface area contributed by atoms with Gasteiger partial charge < -0.3 is 4.42 Å². The largest absolute Gasteiger partial charge is 0.440 e. The van der Waals surface area contributed by atoms with Gasteiger partial charge in [-0.25, -0.2) is 13.4 Å². The molecule has 1 N–H and O–H groups in total. The Morgan fingerprint density at radius 3 is 2.75 bits per heavy atom. The molecule has 0 atom stereocenters. The monoisotopic (exact) mass is 380 g/mol. The molecule has 3 aromatic rings. The molecule has 24 heavy (non-hydrogen) atoms. The van der Waals surface area contributed by atoms with Gasteiger partial charge in [-0.05, 0) is 37.1 Å². The lowest BCUT2D eigenvalue weighted by Gasteiger charge is -2.07. The third kappa shape index (κ3) is 3.07. The summed E-state index contributed by atoms with van der Waals surface area (Å²) < 4.78 is 33.5. The smallest absolute Gasteiger partial charge is 0.271 e. The molecule has 8 heteroatoms. The van der Waals surface area contributed by atoms with Gasteiger partial charge in [-0.2, -0.15) is 0 Å². The highest BCUT2D eigenvalue weighted by Crippen LogP contribution is 2.41. The first-order valence-corrected chi connectivity index (χ1v) is 10.0. The molecule has 1 aromatic carbocycles. The number of rotatable bonds is 5. The van der Waals surface area contributed by atoms with Crippen molar-refractivity contribution >= 4 is 38.6 Å². The average molecular weight is 381 g/mol.